The summed E-state index contributed by atoms with van der Waals surface area (Å²) in [5.41, 5.74) is 6.36. The molecule has 0 saturated carbocycles. The van der Waals surface area contributed by atoms with E-state index in [1.807, 2.05) is 0 Å². The minimum atomic E-state index is -1.15. The standard InChI is InChI=1S/C12H12N4O4S2/c13-7(5-3-14-22-4-5)9(17)15-8-10(18)16-6(12(19)20)1-2-21-11(8)16/h1,3-4,7-8,11H,2,13H2,(H,15,17)(H,19,20)/t7?,8-,11+/m1/s1. The van der Waals surface area contributed by atoms with E-state index in [2.05, 4.69) is 9.69 Å². The fraction of sp³-hybridized carbons (Fsp3) is 0.333. The van der Waals surface area contributed by atoms with Crippen LogP contribution in [0.25, 0.3) is 0 Å². The van der Waals surface area contributed by atoms with Crippen molar-refractivity contribution in [2.24, 2.45) is 5.73 Å². The van der Waals surface area contributed by atoms with Gasteiger partial charge in [0.1, 0.15) is 23.2 Å². The highest BCUT2D eigenvalue weighted by atomic mass is 32.2. The van der Waals surface area contributed by atoms with E-state index in [0.717, 1.165) is 0 Å². The van der Waals surface area contributed by atoms with E-state index in [0.29, 0.717) is 11.3 Å². The lowest BCUT2D eigenvalue weighted by Gasteiger charge is -2.48. The molecule has 1 aromatic heterocycles. The van der Waals surface area contributed by atoms with Gasteiger partial charge in [0, 0.05) is 22.9 Å². The first-order chi connectivity index (χ1) is 10.5. The summed E-state index contributed by atoms with van der Waals surface area (Å²) in [6.45, 7) is 0. The van der Waals surface area contributed by atoms with Gasteiger partial charge < -0.3 is 16.2 Å². The molecule has 1 fully saturated rings. The van der Waals surface area contributed by atoms with E-state index >= 15 is 0 Å². The molecule has 0 aliphatic carbocycles. The number of rotatable bonds is 4. The lowest BCUT2D eigenvalue weighted by Crippen LogP contribution is -2.70. The van der Waals surface area contributed by atoms with Crippen molar-refractivity contribution in [3.05, 3.63) is 28.9 Å². The molecule has 8 nitrogen and oxygen atoms in total. The van der Waals surface area contributed by atoms with Crippen molar-refractivity contribution < 1.29 is 19.5 Å². The van der Waals surface area contributed by atoms with E-state index in [1.165, 1.54) is 40.5 Å². The smallest absolute Gasteiger partial charge is 0.352 e. The van der Waals surface area contributed by atoms with Crippen molar-refractivity contribution in [1.82, 2.24) is 14.6 Å². The average molecular weight is 340 g/mol. The summed E-state index contributed by atoms with van der Waals surface area (Å²) in [6, 6.07) is -1.65. The number of hydrogen-bond acceptors (Lipinski definition) is 7. The van der Waals surface area contributed by atoms with Crippen molar-refractivity contribution in [2.75, 3.05) is 5.75 Å². The maximum atomic E-state index is 12.1. The molecule has 116 valence electrons. The largest absolute Gasteiger partial charge is 0.477 e. The van der Waals surface area contributed by atoms with E-state index in [4.69, 9.17) is 10.8 Å². The van der Waals surface area contributed by atoms with Gasteiger partial charge in [0.25, 0.3) is 5.91 Å². The summed E-state index contributed by atoms with van der Waals surface area (Å²) in [7, 11) is 0. The van der Waals surface area contributed by atoms with Gasteiger partial charge in [0.15, 0.2) is 0 Å². The maximum absolute atomic E-state index is 12.1. The molecule has 2 aliphatic rings. The topological polar surface area (TPSA) is 126 Å². The average Bonchev–Trinajstić information content (AvgIpc) is 3.04. The predicted molar refractivity (Wildman–Crippen MR) is 79.8 cm³/mol. The number of nitrogens with one attached hydrogen (secondary N) is 1. The van der Waals surface area contributed by atoms with Crippen LogP contribution in [0.2, 0.25) is 0 Å². The summed E-state index contributed by atoms with van der Waals surface area (Å²) in [5, 5.41) is 12.9. The van der Waals surface area contributed by atoms with Crippen LogP contribution in [0, 0.1) is 0 Å². The number of carboxylic acids is 1. The molecule has 10 heteroatoms. The zero-order valence-electron chi connectivity index (χ0n) is 11.1. The van der Waals surface area contributed by atoms with Crippen LogP contribution in [0.1, 0.15) is 11.6 Å². The first-order valence-corrected chi connectivity index (χ1v) is 8.22. The van der Waals surface area contributed by atoms with Gasteiger partial charge in [-0.3, -0.25) is 14.5 Å². The van der Waals surface area contributed by atoms with Crippen molar-refractivity contribution in [1.29, 1.82) is 0 Å². The molecule has 3 atom stereocenters. The van der Waals surface area contributed by atoms with Crippen LogP contribution in [-0.4, -0.2) is 49.3 Å². The van der Waals surface area contributed by atoms with E-state index in [1.54, 1.807) is 5.38 Å². The number of carbonyl (C=O) groups is 3. The molecule has 2 amide bonds. The normalized spacial score (nSPS) is 24.9. The third-order valence-corrected chi connectivity index (χ3v) is 5.24. The van der Waals surface area contributed by atoms with Gasteiger partial charge in [-0.1, -0.05) is 0 Å². The van der Waals surface area contributed by atoms with Crippen LogP contribution in [0.3, 0.4) is 0 Å². The summed E-state index contributed by atoms with van der Waals surface area (Å²) < 4.78 is 3.88. The fourth-order valence-corrected chi connectivity index (χ4v) is 4.07. The maximum Gasteiger partial charge on any atom is 0.352 e. The van der Waals surface area contributed by atoms with Gasteiger partial charge in [0.05, 0.1) is 0 Å². The second-order valence-electron chi connectivity index (χ2n) is 4.75. The van der Waals surface area contributed by atoms with E-state index < -0.39 is 35.2 Å². The number of nitrogens with zero attached hydrogens (tertiary/aromatic N) is 2. The molecule has 1 aromatic rings. The van der Waals surface area contributed by atoms with Crippen molar-refractivity contribution in [2.45, 2.75) is 17.5 Å². The number of β-lactam (4-membered cyclic amide) rings is 1. The quantitative estimate of drug-likeness (QED) is 0.632. The van der Waals surface area contributed by atoms with Gasteiger partial charge in [-0.25, -0.2) is 9.17 Å². The number of carboxylic acid groups (broad SMARTS) is 1. The highest BCUT2D eigenvalue weighted by Crippen LogP contribution is 2.37. The second-order valence-corrected chi connectivity index (χ2v) is 6.56. The fourth-order valence-electron chi connectivity index (χ4n) is 2.30. The highest BCUT2D eigenvalue weighted by Gasteiger charge is 2.52. The molecular formula is C12H12N4O4S2. The molecule has 3 heterocycles. The molecule has 2 aliphatic heterocycles. The lowest BCUT2D eigenvalue weighted by molar-refractivity contribution is -0.150. The van der Waals surface area contributed by atoms with Gasteiger partial charge in [-0.15, -0.1) is 11.8 Å². The summed E-state index contributed by atoms with van der Waals surface area (Å²) >= 11 is 2.58. The Morgan fingerprint density at radius 2 is 2.32 bits per heavy atom. The highest BCUT2D eigenvalue weighted by molar-refractivity contribution is 8.00. The Kier molecular flexibility index (Phi) is 3.89. The number of carbonyl (C=O) groups excluding carboxylic acids is 2. The van der Waals surface area contributed by atoms with E-state index in [-0.39, 0.29) is 5.70 Å². The second kappa shape index (κ2) is 5.71. The summed E-state index contributed by atoms with van der Waals surface area (Å²) in [4.78, 5) is 36.5. The molecule has 4 N–H and O–H groups in total. The predicted octanol–water partition coefficient (Wildman–Crippen LogP) is -0.489. The molecule has 22 heavy (non-hydrogen) atoms. The zero-order valence-corrected chi connectivity index (χ0v) is 12.8. The van der Waals surface area contributed by atoms with Crippen LogP contribution in [0.5, 0.6) is 0 Å². The first-order valence-electron chi connectivity index (χ1n) is 6.34. The van der Waals surface area contributed by atoms with Crippen LogP contribution in [-0.2, 0) is 14.4 Å². The van der Waals surface area contributed by atoms with Gasteiger partial charge in [0.2, 0.25) is 5.91 Å². The number of fused-ring (bicyclic) bond motifs is 1. The number of thioether (sulfide) groups is 1. The minimum Gasteiger partial charge on any atom is -0.477 e. The Labute approximate surface area is 133 Å². The van der Waals surface area contributed by atoms with Crippen LogP contribution in [0.4, 0.5) is 0 Å². The monoisotopic (exact) mass is 340 g/mol. The zero-order chi connectivity index (χ0) is 15.9. The Morgan fingerprint density at radius 3 is 2.95 bits per heavy atom. The van der Waals surface area contributed by atoms with Gasteiger partial charge in [-0.2, -0.15) is 0 Å². The van der Waals surface area contributed by atoms with Crippen LogP contribution in [0.15, 0.2) is 23.3 Å². The number of nitrogens with two attached hydrogens (primary N) is 1. The Bertz CT molecular complexity index is 660. The van der Waals surface area contributed by atoms with Gasteiger partial charge >= 0.3 is 5.97 Å². The van der Waals surface area contributed by atoms with Gasteiger partial charge in [-0.05, 0) is 17.6 Å². The van der Waals surface area contributed by atoms with Crippen molar-refractivity contribution in [3.63, 3.8) is 0 Å². The minimum absolute atomic E-state index is 0.0365. The Hall–Kier alpha value is -1.91. The van der Waals surface area contributed by atoms with Crippen molar-refractivity contribution >= 4 is 41.1 Å². The number of aromatic nitrogens is 1. The van der Waals surface area contributed by atoms with E-state index in [9.17, 15) is 14.4 Å². The molecule has 0 aromatic carbocycles. The third-order valence-electron chi connectivity index (χ3n) is 3.46. The SMILES string of the molecule is NC(C(=O)N[C@@H]1C(=O)N2C(C(=O)O)=CCS[C@@H]12)c1cnsc1. The number of amides is 2. The van der Waals surface area contributed by atoms with Crippen LogP contribution < -0.4 is 11.1 Å². The molecule has 3 rings (SSSR count). The first kappa shape index (κ1) is 15.0. The van der Waals surface area contributed by atoms with Crippen LogP contribution >= 0.6 is 23.3 Å². The molecular weight excluding hydrogens is 328 g/mol. The summed E-state index contributed by atoms with van der Waals surface area (Å²) in [5.74, 6) is -1.59. The molecule has 1 unspecified atom stereocenters. The summed E-state index contributed by atoms with van der Waals surface area (Å²) in [6.07, 6.45) is 2.99. The Morgan fingerprint density at radius 1 is 1.55 bits per heavy atom. The molecule has 0 bridgehead atoms. The number of aliphatic carboxylic acids is 1. The Balaban J connectivity index is 1.68. The number of hydrogen-bond donors (Lipinski definition) is 3. The molecule has 1 saturated heterocycles. The molecule has 0 spiro atoms. The van der Waals surface area contributed by atoms with Crippen molar-refractivity contribution in [3.8, 4) is 0 Å². The molecule has 0 radical (unpaired) electrons. The lowest BCUT2D eigenvalue weighted by atomic mass is 10.0. The third kappa shape index (κ3) is 2.38.